The third kappa shape index (κ3) is 5.42. The Morgan fingerprint density at radius 3 is 2.39 bits per heavy atom. The molecule has 1 heterocycles. The van der Waals surface area contributed by atoms with Crippen molar-refractivity contribution in [3.05, 3.63) is 88.8 Å². The SMILES string of the molecule is Cc1ccc(CNC(=O)NCCc2ncc(C)n2Cc2ccc(F)cc2)cc1. The Hall–Kier alpha value is -3.15. The van der Waals surface area contributed by atoms with E-state index in [2.05, 4.69) is 20.2 Å². The molecule has 0 spiro atoms. The number of amides is 2. The average molecular weight is 380 g/mol. The predicted octanol–water partition coefficient (Wildman–Crippen LogP) is 3.73. The van der Waals surface area contributed by atoms with Crippen molar-refractivity contribution in [3.63, 3.8) is 0 Å². The Kier molecular flexibility index (Phi) is 6.42. The number of halogens is 1. The molecule has 0 fully saturated rings. The van der Waals surface area contributed by atoms with Crippen LogP contribution in [0.25, 0.3) is 0 Å². The van der Waals surface area contributed by atoms with Gasteiger partial charge in [-0.15, -0.1) is 0 Å². The number of hydrogen-bond donors (Lipinski definition) is 2. The number of carbonyl (C=O) groups excluding carboxylic acids is 1. The summed E-state index contributed by atoms with van der Waals surface area (Å²) in [5.74, 6) is 0.646. The molecule has 2 aromatic carbocycles. The van der Waals surface area contributed by atoms with Crippen LogP contribution >= 0.6 is 0 Å². The van der Waals surface area contributed by atoms with Crippen molar-refractivity contribution in [2.75, 3.05) is 6.54 Å². The summed E-state index contributed by atoms with van der Waals surface area (Å²) in [4.78, 5) is 16.4. The van der Waals surface area contributed by atoms with Crippen LogP contribution in [0.1, 0.15) is 28.2 Å². The van der Waals surface area contributed by atoms with E-state index in [4.69, 9.17) is 0 Å². The number of aryl methyl sites for hydroxylation is 2. The van der Waals surface area contributed by atoms with Gasteiger partial charge in [-0.1, -0.05) is 42.0 Å². The summed E-state index contributed by atoms with van der Waals surface area (Å²) in [7, 11) is 0. The van der Waals surface area contributed by atoms with Crippen LogP contribution in [0.5, 0.6) is 0 Å². The second-order valence-corrected chi connectivity index (χ2v) is 6.87. The van der Waals surface area contributed by atoms with Gasteiger partial charge < -0.3 is 15.2 Å². The number of nitrogens with zero attached hydrogens (tertiary/aromatic N) is 2. The van der Waals surface area contributed by atoms with E-state index >= 15 is 0 Å². The summed E-state index contributed by atoms with van der Waals surface area (Å²) in [5, 5.41) is 5.72. The van der Waals surface area contributed by atoms with Gasteiger partial charge in [-0.2, -0.15) is 0 Å². The molecule has 5 nitrogen and oxygen atoms in total. The highest BCUT2D eigenvalue weighted by Crippen LogP contribution is 2.11. The summed E-state index contributed by atoms with van der Waals surface area (Å²) in [6.07, 6.45) is 2.43. The highest BCUT2D eigenvalue weighted by molar-refractivity contribution is 5.73. The van der Waals surface area contributed by atoms with E-state index in [9.17, 15) is 9.18 Å². The summed E-state index contributed by atoms with van der Waals surface area (Å²) in [6, 6.07) is 14.3. The first kappa shape index (κ1) is 19.6. The van der Waals surface area contributed by atoms with Crippen LogP contribution in [0.2, 0.25) is 0 Å². The number of hydrogen-bond acceptors (Lipinski definition) is 2. The van der Waals surface area contributed by atoms with Gasteiger partial charge in [-0.05, 0) is 37.1 Å². The van der Waals surface area contributed by atoms with Crippen LogP contribution in [-0.4, -0.2) is 22.1 Å². The molecular weight excluding hydrogens is 355 g/mol. The minimum Gasteiger partial charge on any atom is -0.338 e. The van der Waals surface area contributed by atoms with E-state index in [1.165, 1.54) is 17.7 Å². The molecule has 6 heteroatoms. The fourth-order valence-corrected chi connectivity index (χ4v) is 2.94. The van der Waals surface area contributed by atoms with Crippen LogP contribution in [0, 0.1) is 19.7 Å². The molecule has 28 heavy (non-hydrogen) atoms. The van der Waals surface area contributed by atoms with Gasteiger partial charge in [0, 0.05) is 37.9 Å². The van der Waals surface area contributed by atoms with Gasteiger partial charge >= 0.3 is 6.03 Å². The van der Waals surface area contributed by atoms with Crippen molar-refractivity contribution in [2.24, 2.45) is 0 Å². The van der Waals surface area contributed by atoms with E-state index < -0.39 is 0 Å². The minimum absolute atomic E-state index is 0.200. The van der Waals surface area contributed by atoms with Crippen molar-refractivity contribution in [1.82, 2.24) is 20.2 Å². The second kappa shape index (κ2) is 9.17. The summed E-state index contributed by atoms with van der Waals surface area (Å²) in [6.45, 7) is 5.62. The summed E-state index contributed by atoms with van der Waals surface area (Å²) < 4.78 is 15.2. The van der Waals surface area contributed by atoms with E-state index in [1.54, 1.807) is 12.1 Å². The summed E-state index contributed by atoms with van der Waals surface area (Å²) in [5.41, 5.74) is 4.29. The van der Waals surface area contributed by atoms with E-state index in [0.29, 0.717) is 26.1 Å². The van der Waals surface area contributed by atoms with Gasteiger partial charge in [0.25, 0.3) is 0 Å². The largest absolute Gasteiger partial charge is 0.338 e. The predicted molar refractivity (Wildman–Crippen MR) is 108 cm³/mol. The van der Waals surface area contributed by atoms with E-state index in [-0.39, 0.29) is 11.8 Å². The molecule has 0 saturated heterocycles. The van der Waals surface area contributed by atoms with Crippen molar-refractivity contribution >= 4 is 6.03 Å². The Morgan fingerprint density at radius 1 is 1.00 bits per heavy atom. The first-order valence-corrected chi connectivity index (χ1v) is 9.34. The van der Waals surface area contributed by atoms with Gasteiger partial charge in [0.1, 0.15) is 11.6 Å². The molecule has 146 valence electrons. The Labute approximate surface area is 164 Å². The molecule has 3 rings (SSSR count). The van der Waals surface area contributed by atoms with Gasteiger partial charge in [0.05, 0.1) is 0 Å². The maximum Gasteiger partial charge on any atom is 0.315 e. The van der Waals surface area contributed by atoms with Crippen LogP contribution in [0.4, 0.5) is 9.18 Å². The first-order valence-electron chi connectivity index (χ1n) is 9.34. The van der Waals surface area contributed by atoms with Crippen LogP contribution < -0.4 is 10.6 Å². The lowest BCUT2D eigenvalue weighted by molar-refractivity contribution is 0.240. The number of rotatable bonds is 7. The number of benzene rings is 2. The molecule has 0 bridgehead atoms. The number of urea groups is 1. The molecule has 3 aromatic rings. The Balaban J connectivity index is 1.48. The highest BCUT2D eigenvalue weighted by Gasteiger charge is 2.09. The van der Waals surface area contributed by atoms with Crippen LogP contribution in [0.15, 0.2) is 54.7 Å². The molecule has 0 atom stereocenters. The Morgan fingerprint density at radius 2 is 1.68 bits per heavy atom. The Bertz CT molecular complexity index is 917. The highest BCUT2D eigenvalue weighted by atomic mass is 19.1. The number of imidazole rings is 1. The van der Waals surface area contributed by atoms with E-state index in [1.807, 2.05) is 44.3 Å². The third-order valence-electron chi connectivity index (χ3n) is 4.60. The lowest BCUT2D eigenvalue weighted by Gasteiger charge is -2.11. The van der Waals surface area contributed by atoms with Crippen molar-refractivity contribution in [2.45, 2.75) is 33.4 Å². The first-order chi connectivity index (χ1) is 13.5. The number of carbonyl (C=O) groups is 1. The van der Waals surface area contributed by atoms with Gasteiger partial charge in [0.15, 0.2) is 0 Å². The van der Waals surface area contributed by atoms with Gasteiger partial charge in [-0.25, -0.2) is 14.2 Å². The molecule has 0 saturated carbocycles. The minimum atomic E-state index is -0.243. The zero-order valence-corrected chi connectivity index (χ0v) is 16.2. The summed E-state index contributed by atoms with van der Waals surface area (Å²) >= 11 is 0. The maximum atomic E-state index is 13.1. The molecule has 0 aliphatic heterocycles. The topological polar surface area (TPSA) is 59.0 Å². The maximum absolute atomic E-state index is 13.1. The number of nitrogens with one attached hydrogen (secondary N) is 2. The molecule has 0 aliphatic rings. The molecule has 0 unspecified atom stereocenters. The second-order valence-electron chi connectivity index (χ2n) is 6.87. The van der Waals surface area contributed by atoms with Crippen molar-refractivity contribution in [1.29, 1.82) is 0 Å². The monoisotopic (exact) mass is 380 g/mol. The smallest absolute Gasteiger partial charge is 0.315 e. The van der Waals surface area contributed by atoms with Gasteiger partial charge in [0.2, 0.25) is 0 Å². The normalized spacial score (nSPS) is 10.7. The molecule has 2 amide bonds. The fraction of sp³-hybridized carbons (Fsp3) is 0.273. The standard InChI is InChI=1S/C22H25FN4O/c1-16-3-5-18(6-4-16)14-26-22(28)24-12-11-21-25-13-17(2)27(21)15-19-7-9-20(23)10-8-19/h3-10,13H,11-12,14-15H2,1-2H3,(H2,24,26,28). The third-order valence-corrected chi connectivity index (χ3v) is 4.60. The lowest BCUT2D eigenvalue weighted by Crippen LogP contribution is -2.36. The van der Waals surface area contributed by atoms with Crippen molar-refractivity contribution in [3.8, 4) is 0 Å². The molecule has 1 aromatic heterocycles. The molecular formula is C22H25FN4O. The van der Waals surface area contributed by atoms with E-state index in [0.717, 1.165) is 22.6 Å². The fourth-order valence-electron chi connectivity index (χ4n) is 2.94. The van der Waals surface area contributed by atoms with Crippen LogP contribution in [-0.2, 0) is 19.5 Å². The quantitative estimate of drug-likeness (QED) is 0.656. The zero-order chi connectivity index (χ0) is 19.9. The van der Waals surface area contributed by atoms with Gasteiger partial charge in [-0.3, -0.25) is 0 Å². The van der Waals surface area contributed by atoms with Crippen LogP contribution in [0.3, 0.4) is 0 Å². The molecule has 0 aliphatic carbocycles. The molecule has 0 radical (unpaired) electrons. The zero-order valence-electron chi connectivity index (χ0n) is 16.2. The lowest BCUT2D eigenvalue weighted by atomic mass is 10.1. The average Bonchev–Trinajstić information content (AvgIpc) is 3.03. The van der Waals surface area contributed by atoms with Crippen molar-refractivity contribution < 1.29 is 9.18 Å². The molecule has 2 N–H and O–H groups in total. The number of aromatic nitrogens is 2.